The number of nitrogens with one attached hydrogen (secondary N) is 1. The van der Waals surface area contributed by atoms with E-state index in [0.29, 0.717) is 17.3 Å². The number of nitrogens with zero attached hydrogens (tertiary/aromatic N) is 5. The number of aromatic amines is 1. The number of imidazole rings is 1. The first-order valence-corrected chi connectivity index (χ1v) is 12.2. The van der Waals surface area contributed by atoms with Crippen molar-refractivity contribution < 1.29 is 4.79 Å². The fourth-order valence-corrected chi connectivity index (χ4v) is 5.75. The van der Waals surface area contributed by atoms with Gasteiger partial charge in [-0.25, -0.2) is 9.78 Å². The first-order valence-electron chi connectivity index (χ1n) is 11.4. The van der Waals surface area contributed by atoms with Crippen LogP contribution in [0.3, 0.4) is 0 Å². The van der Waals surface area contributed by atoms with E-state index in [2.05, 4.69) is 44.6 Å². The summed E-state index contributed by atoms with van der Waals surface area (Å²) in [6.07, 6.45) is 6.35. The minimum atomic E-state index is -0.143. The number of carbonyl (C=O) groups excluding carboxylic acids is 1. The molecule has 3 aromatic heterocycles. The summed E-state index contributed by atoms with van der Waals surface area (Å²) in [4.78, 5) is 41.3. The largest absolute Gasteiger partial charge is 0.333 e. The van der Waals surface area contributed by atoms with Gasteiger partial charge in [0.25, 0.3) is 5.91 Å². The summed E-state index contributed by atoms with van der Waals surface area (Å²) in [6, 6.07) is 6.41. The SMILES string of the molecule is Cn1c(=O)[nH]c2ccc(CC(C)(C)CN3CC4CCC3CN4C(=O)c3cncc(Br)c3)nc21. The normalized spacial score (nSPS) is 21.2. The molecule has 2 bridgehead atoms. The van der Waals surface area contributed by atoms with Gasteiger partial charge in [-0.1, -0.05) is 13.8 Å². The van der Waals surface area contributed by atoms with E-state index in [-0.39, 0.29) is 23.1 Å². The second-order valence-electron chi connectivity index (χ2n) is 10.2. The van der Waals surface area contributed by atoms with Gasteiger partial charge in [-0.2, -0.15) is 0 Å². The van der Waals surface area contributed by atoms with Gasteiger partial charge in [-0.05, 0) is 58.8 Å². The molecule has 3 aliphatic rings. The second-order valence-corrected chi connectivity index (χ2v) is 11.1. The Bertz CT molecular complexity index is 1270. The first kappa shape index (κ1) is 22.3. The van der Waals surface area contributed by atoms with Gasteiger partial charge >= 0.3 is 5.69 Å². The van der Waals surface area contributed by atoms with Crippen LogP contribution >= 0.6 is 15.9 Å². The Balaban J connectivity index is 1.27. The van der Waals surface area contributed by atoms with Crippen LogP contribution in [0.25, 0.3) is 11.2 Å². The molecule has 0 spiro atoms. The van der Waals surface area contributed by atoms with Gasteiger partial charge in [0, 0.05) is 61.3 Å². The van der Waals surface area contributed by atoms with Crippen molar-refractivity contribution in [1.82, 2.24) is 29.3 Å². The summed E-state index contributed by atoms with van der Waals surface area (Å²) in [7, 11) is 1.74. The highest BCUT2D eigenvalue weighted by atomic mass is 79.9. The Morgan fingerprint density at radius 3 is 2.73 bits per heavy atom. The highest BCUT2D eigenvalue weighted by Crippen LogP contribution is 2.33. The number of fused-ring (bicyclic) bond motifs is 4. The molecule has 1 N–H and O–H groups in total. The number of hydrogen-bond donors (Lipinski definition) is 1. The van der Waals surface area contributed by atoms with Gasteiger partial charge in [0.1, 0.15) is 0 Å². The molecule has 0 radical (unpaired) electrons. The van der Waals surface area contributed by atoms with E-state index in [1.807, 2.05) is 23.1 Å². The molecule has 174 valence electrons. The van der Waals surface area contributed by atoms with Crippen LogP contribution in [-0.4, -0.2) is 66.9 Å². The van der Waals surface area contributed by atoms with Crippen LogP contribution in [0.4, 0.5) is 0 Å². The van der Waals surface area contributed by atoms with Crippen molar-refractivity contribution >= 4 is 33.0 Å². The minimum Gasteiger partial charge on any atom is -0.333 e. The van der Waals surface area contributed by atoms with Crippen molar-refractivity contribution in [3.05, 3.63) is 56.8 Å². The standard InChI is InChI=1S/C24H29BrN6O2/c1-24(2,9-17-4-7-20-21(27-17)29(3)23(33)28-20)14-30-12-19-6-5-18(30)13-31(19)22(32)15-8-16(25)11-26-10-15/h4,7-8,10-11,18-19H,5-6,9,12-14H2,1-3H3,(H,28,33). The maximum absolute atomic E-state index is 13.1. The number of amides is 1. The van der Waals surface area contributed by atoms with Crippen LogP contribution in [0.2, 0.25) is 0 Å². The third-order valence-corrected chi connectivity index (χ3v) is 7.38. The molecular formula is C24H29BrN6O2. The number of pyridine rings is 2. The van der Waals surface area contributed by atoms with Crippen LogP contribution in [-0.2, 0) is 13.5 Å². The zero-order valence-electron chi connectivity index (χ0n) is 19.2. The van der Waals surface area contributed by atoms with Crippen LogP contribution < -0.4 is 5.69 Å². The van der Waals surface area contributed by atoms with Crippen LogP contribution in [0, 0.1) is 5.41 Å². The molecule has 0 aliphatic carbocycles. The van der Waals surface area contributed by atoms with Crippen molar-refractivity contribution in [2.24, 2.45) is 12.5 Å². The fraction of sp³-hybridized carbons (Fsp3) is 0.500. The summed E-state index contributed by atoms with van der Waals surface area (Å²) in [6.45, 7) is 7.16. The minimum absolute atomic E-state index is 0.0103. The Labute approximate surface area is 201 Å². The molecule has 3 saturated heterocycles. The molecule has 8 nitrogen and oxygen atoms in total. The lowest BCUT2D eigenvalue weighted by atomic mass is 9.83. The highest BCUT2D eigenvalue weighted by Gasteiger charge is 2.42. The molecule has 0 aromatic carbocycles. The lowest BCUT2D eigenvalue weighted by molar-refractivity contribution is -0.0257. The summed E-state index contributed by atoms with van der Waals surface area (Å²) >= 11 is 3.42. The topological polar surface area (TPSA) is 87.1 Å². The van der Waals surface area contributed by atoms with Gasteiger partial charge in [0.2, 0.25) is 0 Å². The smallest absolute Gasteiger partial charge is 0.327 e. The molecule has 1 amide bonds. The highest BCUT2D eigenvalue weighted by molar-refractivity contribution is 9.10. The predicted octanol–water partition coefficient (Wildman–Crippen LogP) is 2.98. The number of piperidine rings is 2. The molecule has 33 heavy (non-hydrogen) atoms. The third-order valence-electron chi connectivity index (χ3n) is 6.94. The summed E-state index contributed by atoms with van der Waals surface area (Å²) < 4.78 is 2.38. The maximum atomic E-state index is 13.1. The van der Waals surface area contributed by atoms with E-state index in [9.17, 15) is 9.59 Å². The number of carbonyl (C=O) groups is 1. The number of hydrogen-bond acceptors (Lipinski definition) is 5. The molecule has 0 saturated carbocycles. The van der Waals surface area contributed by atoms with E-state index in [1.54, 1.807) is 24.0 Å². The van der Waals surface area contributed by atoms with Crippen molar-refractivity contribution in [2.45, 2.75) is 45.2 Å². The molecule has 3 fully saturated rings. The molecule has 6 heterocycles. The summed E-state index contributed by atoms with van der Waals surface area (Å²) in [5, 5.41) is 0. The van der Waals surface area contributed by atoms with E-state index in [0.717, 1.165) is 54.6 Å². The number of aromatic nitrogens is 4. The molecule has 6 rings (SSSR count). The second kappa shape index (κ2) is 8.36. The van der Waals surface area contributed by atoms with Crippen molar-refractivity contribution in [3.8, 4) is 0 Å². The number of H-pyrrole nitrogens is 1. The maximum Gasteiger partial charge on any atom is 0.327 e. The lowest BCUT2D eigenvalue weighted by Crippen LogP contribution is -2.65. The van der Waals surface area contributed by atoms with Crippen LogP contribution in [0.5, 0.6) is 0 Å². The lowest BCUT2D eigenvalue weighted by Gasteiger charge is -2.53. The van der Waals surface area contributed by atoms with Gasteiger partial charge in [0.15, 0.2) is 5.65 Å². The number of rotatable bonds is 5. The van der Waals surface area contributed by atoms with Gasteiger partial charge in [-0.3, -0.25) is 19.2 Å². The molecular weight excluding hydrogens is 484 g/mol. The van der Waals surface area contributed by atoms with E-state index < -0.39 is 0 Å². The van der Waals surface area contributed by atoms with Crippen molar-refractivity contribution in [2.75, 3.05) is 19.6 Å². The van der Waals surface area contributed by atoms with E-state index in [4.69, 9.17) is 4.98 Å². The average Bonchev–Trinajstić information content (AvgIpc) is 3.06. The Morgan fingerprint density at radius 2 is 2.00 bits per heavy atom. The van der Waals surface area contributed by atoms with E-state index in [1.165, 1.54) is 0 Å². The van der Waals surface area contributed by atoms with E-state index >= 15 is 0 Å². The monoisotopic (exact) mass is 512 g/mol. The third kappa shape index (κ3) is 4.36. The van der Waals surface area contributed by atoms with Crippen LogP contribution in [0.1, 0.15) is 42.7 Å². The Morgan fingerprint density at radius 1 is 1.21 bits per heavy atom. The molecule has 9 heteroatoms. The number of halogens is 1. The van der Waals surface area contributed by atoms with Crippen molar-refractivity contribution in [3.63, 3.8) is 0 Å². The Hall–Kier alpha value is -2.52. The molecule has 2 atom stereocenters. The zero-order valence-corrected chi connectivity index (χ0v) is 20.8. The summed E-state index contributed by atoms with van der Waals surface area (Å²) in [5.41, 5.74) is 2.96. The molecule has 2 unspecified atom stereocenters. The van der Waals surface area contributed by atoms with Gasteiger partial charge < -0.3 is 9.88 Å². The van der Waals surface area contributed by atoms with Gasteiger partial charge in [-0.15, -0.1) is 0 Å². The van der Waals surface area contributed by atoms with Crippen LogP contribution in [0.15, 0.2) is 39.9 Å². The van der Waals surface area contributed by atoms with Gasteiger partial charge in [0.05, 0.1) is 11.1 Å². The number of aryl methyl sites for hydroxylation is 1. The predicted molar refractivity (Wildman–Crippen MR) is 130 cm³/mol. The number of piperazine rings is 1. The Kier molecular flexibility index (Phi) is 5.64. The molecule has 3 aliphatic heterocycles. The fourth-order valence-electron chi connectivity index (χ4n) is 5.38. The zero-order chi connectivity index (χ0) is 23.3. The first-order chi connectivity index (χ1) is 15.7. The average molecular weight is 513 g/mol. The van der Waals surface area contributed by atoms with Crippen molar-refractivity contribution in [1.29, 1.82) is 0 Å². The summed E-state index contributed by atoms with van der Waals surface area (Å²) in [5.74, 6) is 0.0760. The quantitative estimate of drug-likeness (QED) is 0.567. The molecule has 3 aromatic rings.